The fraction of sp³-hybridized carbons (Fsp3) is 0.345. The highest BCUT2D eigenvalue weighted by Gasteiger charge is 2.20. The molecule has 204 valence electrons. The molecule has 39 heavy (non-hydrogen) atoms. The predicted octanol–water partition coefficient (Wildman–Crippen LogP) is 7.55. The van der Waals surface area contributed by atoms with E-state index in [0.29, 0.717) is 17.3 Å². The van der Waals surface area contributed by atoms with Crippen molar-refractivity contribution >= 4 is 56.5 Å². The van der Waals surface area contributed by atoms with Gasteiger partial charge in [-0.05, 0) is 55.8 Å². The van der Waals surface area contributed by atoms with Crippen molar-refractivity contribution in [2.24, 2.45) is 0 Å². The Morgan fingerprint density at radius 3 is 2.51 bits per heavy atom. The minimum absolute atomic E-state index is 0. The molecule has 0 atom stereocenters. The van der Waals surface area contributed by atoms with Crippen molar-refractivity contribution in [3.05, 3.63) is 66.1 Å². The molecule has 0 radical (unpaired) electrons. The van der Waals surface area contributed by atoms with Gasteiger partial charge in [-0.25, -0.2) is 9.78 Å². The summed E-state index contributed by atoms with van der Waals surface area (Å²) in [5.41, 5.74) is 4.96. The molecule has 5 aromatic rings. The predicted molar refractivity (Wildman–Crippen MR) is 160 cm³/mol. The molecule has 0 bridgehead atoms. The second-order valence-corrected chi connectivity index (χ2v) is 12.0. The summed E-state index contributed by atoms with van der Waals surface area (Å²) >= 11 is 1.71. The first-order valence-corrected chi connectivity index (χ1v) is 13.9. The number of piperidine rings is 1. The maximum Gasteiger partial charge on any atom is 0.324 e. The summed E-state index contributed by atoms with van der Waals surface area (Å²) in [7, 11) is 0. The quantitative estimate of drug-likeness (QED) is 0.230. The molecule has 0 aliphatic carbocycles. The fourth-order valence-electron chi connectivity index (χ4n) is 4.85. The van der Waals surface area contributed by atoms with Crippen LogP contribution in [0.4, 0.5) is 16.3 Å². The Morgan fingerprint density at radius 1 is 1.03 bits per heavy atom. The number of imidazole rings is 1. The van der Waals surface area contributed by atoms with E-state index in [9.17, 15) is 4.79 Å². The summed E-state index contributed by atoms with van der Waals surface area (Å²) in [5.74, 6) is 1.09. The number of urea groups is 1. The number of anilines is 2. The highest BCUT2D eigenvalue weighted by atomic mass is 35.5. The number of halogens is 1. The molecule has 1 saturated heterocycles. The van der Waals surface area contributed by atoms with Gasteiger partial charge in [0.25, 0.3) is 0 Å². The molecule has 6 rings (SSSR count). The van der Waals surface area contributed by atoms with Gasteiger partial charge in [-0.15, -0.1) is 12.4 Å². The summed E-state index contributed by atoms with van der Waals surface area (Å²) < 4.78 is 8.76. The molecule has 8 nitrogen and oxygen atoms in total. The highest BCUT2D eigenvalue weighted by Crippen LogP contribution is 2.31. The lowest BCUT2D eigenvalue weighted by atomic mass is 9.93. The topological polar surface area (TPSA) is 87.7 Å². The number of carbonyl (C=O) groups excluding carboxylic acids is 1. The van der Waals surface area contributed by atoms with Gasteiger partial charge in [0.15, 0.2) is 10.8 Å². The zero-order valence-corrected chi connectivity index (χ0v) is 24.0. The minimum Gasteiger partial charge on any atom is -0.359 e. The molecule has 2 N–H and O–H groups in total. The van der Waals surface area contributed by atoms with Crippen LogP contribution >= 0.6 is 23.7 Å². The molecule has 3 aromatic heterocycles. The van der Waals surface area contributed by atoms with E-state index in [0.717, 1.165) is 22.8 Å². The van der Waals surface area contributed by atoms with Crippen LogP contribution in [0.1, 0.15) is 51.4 Å². The van der Waals surface area contributed by atoms with Gasteiger partial charge < -0.3 is 9.84 Å². The van der Waals surface area contributed by atoms with Crippen LogP contribution in [0.5, 0.6) is 0 Å². The van der Waals surface area contributed by atoms with E-state index in [-0.39, 0.29) is 23.9 Å². The van der Waals surface area contributed by atoms with Crippen molar-refractivity contribution in [1.82, 2.24) is 19.4 Å². The summed E-state index contributed by atoms with van der Waals surface area (Å²) in [6, 6.07) is 15.8. The van der Waals surface area contributed by atoms with Crippen molar-refractivity contribution in [2.45, 2.75) is 52.0 Å². The molecule has 2 amide bonds. The summed E-state index contributed by atoms with van der Waals surface area (Å²) in [6.07, 6.45) is 6.05. The van der Waals surface area contributed by atoms with E-state index < -0.39 is 0 Å². The Kier molecular flexibility index (Phi) is 7.66. The van der Waals surface area contributed by atoms with Gasteiger partial charge in [0.1, 0.15) is 5.76 Å². The number of hydrogen-bond acceptors (Lipinski definition) is 6. The Hall–Kier alpha value is -3.40. The largest absolute Gasteiger partial charge is 0.359 e. The molecule has 0 spiro atoms. The van der Waals surface area contributed by atoms with Crippen LogP contribution in [-0.4, -0.2) is 38.6 Å². The van der Waals surface area contributed by atoms with Gasteiger partial charge in [-0.1, -0.05) is 61.9 Å². The molecule has 0 saturated carbocycles. The number of nitrogens with zero attached hydrogens (tertiary/aromatic N) is 4. The highest BCUT2D eigenvalue weighted by molar-refractivity contribution is 7.23. The number of carbonyl (C=O) groups is 1. The number of likely N-dealkylation sites (tertiary alicyclic amines) is 1. The number of thiazole rings is 1. The zero-order chi connectivity index (χ0) is 26.3. The van der Waals surface area contributed by atoms with Crippen LogP contribution in [0.15, 0.2) is 59.3 Å². The molecule has 0 unspecified atom stereocenters. The fourth-order valence-corrected chi connectivity index (χ4v) is 5.84. The molecular weight excluding hydrogens is 532 g/mol. The SMILES string of the molecule is CC(C)(C)c1cc(NC(=O)Nc2ccc(-c3cn4c(n3)sc3ccc(CN5CCCCC5)cc34)cc2)no1.Cl. The lowest BCUT2D eigenvalue weighted by molar-refractivity contribution is 0.221. The van der Waals surface area contributed by atoms with E-state index in [1.54, 1.807) is 17.4 Å². The van der Waals surface area contributed by atoms with Crippen LogP contribution in [0.3, 0.4) is 0 Å². The van der Waals surface area contributed by atoms with Crippen LogP contribution < -0.4 is 10.6 Å². The van der Waals surface area contributed by atoms with Gasteiger partial charge in [-0.2, -0.15) is 0 Å². The minimum atomic E-state index is -0.374. The van der Waals surface area contributed by atoms with Gasteiger partial charge >= 0.3 is 6.03 Å². The van der Waals surface area contributed by atoms with Crippen LogP contribution in [0.25, 0.3) is 26.4 Å². The average molecular weight is 565 g/mol. The monoisotopic (exact) mass is 564 g/mol. The van der Waals surface area contributed by atoms with Crippen molar-refractivity contribution in [1.29, 1.82) is 0 Å². The summed E-state index contributed by atoms with van der Waals surface area (Å²) in [5, 5.41) is 9.49. The zero-order valence-electron chi connectivity index (χ0n) is 22.4. The number of nitrogens with one attached hydrogen (secondary N) is 2. The van der Waals surface area contributed by atoms with Gasteiger partial charge in [0.2, 0.25) is 0 Å². The lowest BCUT2D eigenvalue weighted by Gasteiger charge is -2.26. The standard InChI is InChI=1S/C29H32N6O2S.ClH/c1-29(2,3)25-16-26(33-37-25)32-27(36)30-21-10-8-20(9-11-21)22-18-35-23-15-19(17-34-13-5-4-6-14-34)7-12-24(23)38-28(35)31-22;/h7-12,15-16,18H,4-6,13-14,17H2,1-3H3,(H2,30,32,33,36);1H. The van der Waals surface area contributed by atoms with Gasteiger partial charge in [-0.3, -0.25) is 14.6 Å². The number of benzene rings is 2. The van der Waals surface area contributed by atoms with Crippen molar-refractivity contribution < 1.29 is 9.32 Å². The number of hydrogen-bond donors (Lipinski definition) is 2. The van der Waals surface area contributed by atoms with Crippen LogP contribution in [0, 0.1) is 0 Å². The number of aromatic nitrogens is 3. The summed E-state index contributed by atoms with van der Waals surface area (Å²) in [6.45, 7) is 9.47. The molecule has 10 heteroatoms. The smallest absolute Gasteiger partial charge is 0.324 e. The number of amides is 2. The average Bonchev–Trinajstić information content (AvgIpc) is 3.60. The van der Waals surface area contributed by atoms with Gasteiger partial charge in [0.05, 0.1) is 15.9 Å². The second-order valence-electron chi connectivity index (χ2n) is 11.0. The van der Waals surface area contributed by atoms with Crippen molar-refractivity contribution in [3.63, 3.8) is 0 Å². The van der Waals surface area contributed by atoms with Crippen LogP contribution in [0.2, 0.25) is 0 Å². The van der Waals surface area contributed by atoms with Gasteiger partial charge in [0, 0.05) is 35.5 Å². The molecular formula is C29H33ClN6O2S. The molecule has 1 aliphatic heterocycles. The third-order valence-corrected chi connectivity index (χ3v) is 7.98. The Balaban J connectivity index is 0.00000308. The first-order chi connectivity index (χ1) is 18.3. The summed E-state index contributed by atoms with van der Waals surface area (Å²) in [4.78, 5) is 20.9. The van der Waals surface area contributed by atoms with E-state index in [1.807, 2.05) is 45.0 Å². The number of rotatable bonds is 5. The number of fused-ring (bicyclic) bond motifs is 3. The van der Waals surface area contributed by atoms with E-state index in [4.69, 9.17) is 9.51 Å². The van der Waals surface area contributed by atoms with E-state index in [1.165, 1.54) is 48.1 Å². The third kappa shape index (κ3) is 5.95. The molecule has 1 fully saturated rings. The Bertz CT molecular complexity index is 1590. The lowest BCUT2D eigenvalue weighted by Crippen LogP contribution is -2.29. The Labute approximate surface area is 237 Å². The second kappa shape index (κ2) is 11.0. The van der Waals surface area contributed by atoms with Crippen molar-refractivity contribution in [2.75, 3.05) is 23.7 Å². The maximum absolute atomic E-state index is 12.4. The first-order valence-electron chi connectivity index (χ1n) is 13.1. The third-order valence-electron chi connectivity index (χ3n) is 6.94. The Morgan fingerprint density at radius 2 is 1.79 bits per heavy atom. The maximum atomic E-state index is 12.4. The van der Waals surface area contributed by atoms with E-state index in [2.05, 4.69) is 49.5 Å². The first kappa shape index (κ1) is 27.2. The molecule has 4 heterocycles. The van der Waals surface area contributed by atoms with Crippen LogP contribution in [-0.2, 0) is 12.0 Å². The van der Waals surface area contributed by atoms with Crippen molar-refractivity contribution in [3.8, 4) is 11.3 Å². The van der Waals surface area contributed by atoms with E-state index >= 15 is 0 Å². The normalized spacial score (nSPS) is 14.4. The molecule has 2 aromatic carbocycles. The molecule has 1 aliphatic rings.